The maximum absolute atomic E-state index is 3.65. The van der Waals surface area contributed by atoms with Crippen LogP contribution in [0.1, 0.15) is 20.3 Å². The van der Waals surface area contributed by atoms with E-state index < -0.39 is 0 Å². The van der Waals surface area contributed by atoms with Crippen LogP contribution in [-0.2, 0) is 0 Å². The van der Waals surface area contributed by atoms with Crippen molar-refractivity contribution in [3.63, 3.8) is 0 Å². The summed E-state index contributed by atoms with van der Waals surface area (Å²) in [6.07, 6.45) is 12.7. The largest absolute Gasteiger partial charge is 0.368 e. The van der Waals surface area contributed by atoms with E-state index in [1.165, 1.54) is 0 Å². The molecule has 0 aliphatic carbocycles. The number of rotatable bonds is 5. The Morgan fingerprint density at radius 3 is 2.75 bits per heavy atom. The predicted molar refractivity (Wildman–Crippen MR) is 55.7 cm³/mol. The summed E-state index contributed by atoms with van der Waals surface area (Å²) in [5, 5.41) is 3.03. The molecule has 0 spiro atoms. The standard InChI is InChI=1S/C11H17N/c1-4-6-9-12-10-7-8-11(3)5-2/h5-10,12H,2,4H2,1,3H3/b9-6-,10-7+,11-8-. The summed E-state index contributed by atoms with van der Waals surface area (Å²) in [5.74, 6) is 0. The van der Waals surface area contributed by atoms with Crippen LogP contribution in [0.15, 0.2) is 48.9 Å². The molecule has 66 valence electrons. The highest BCUT2D eigenvalue weighted by Gasteiger charge is 1.72. The fraction of sp³-hybridized carbons (Fsp3) is 0.273. The van der Waals surface area contributed by atoms with Crippen LogP contribution in [0.2, 0.25) is 0 Å². The molecule has 1 nitrogen and oxygen atoms in total. The minimum atomic E-state index is 1.06. The fourth-order valence-electron chi connectivity index (χ4n) is 0.565. The molecule has 0 bridgehead atoms. The Morgan fingerprint density at radius 1 is 1.42 bits per heavy atom. The maximum Gasteiger partial charge on any atom is 0.000439 e. The molecule has 0 unspecified atom stereocenters. The van der Waals surface area contributed by atoms with Crippen LogP contribution in [0, 0.1) is 0 Å². The summed E-state index contributed by atoms with van der Waals surface area (Å²) in [5.41, 5.74) is 1.16. The van der Waals surface area contributed by atoms with E-state index in [2.05, 4.69) is 24.9 Å². The monoisotopic (exact) mass is 163 g/mol. The minimum absolute atomic E-state index is 1.06. The molecular weight excluding hydrogens is 146 g/mol. The Bertz CT molecular complexity index is 197. The van der Waals surface area contributed by atoms with Gasteiger partial charge < -0.3 is 5.32 Å². The first-order chi connectivity index (χ1) is 5.81. The molecule has 0 amide bonds. The maximum atomic E-state index is 3.65. The number of hydrogen-bond acceptors (Lipinski definition) is 1. The normalized spacial score (nSPS) is 12.7. The summed E-state index contributed by atoms with van der Waals surface area (Å²) in [7, 11) is 0. The molecule has 0 aromatic rings. The van der Waals surface area contributed by atoms with Crippen molar-refractivity contribution in [3.05, 3.63) is 48.9 Å². The molecule has 0 rings (SSSR count). The lowest BCUT2D eigenvalue weighted by Gasteiger charge is -1.87. The van der Waals surface area contributed by atoms with E-state index in [4.69, 9.17) is 0 Å². The van der Waals surface area contributed by atoms with Crippen molar-refractivity contribution in [1.29, 1.82) is 0 Å². The second-order valence-corrected chi connectivity index (χ2v) is 2.45. The zero-order chi connectivity index (χ0) is 9.23. The van der Waals surface area contributed by atoms with Gasteiger partial charge in [0.15, 0.2) is 0 Å². The molecular formula is C11H17N. The average Bonchev–Trinajstić information content (AvgIpc) is 2.10. The van der Waals surface area contributed by atoms with E-state index in [1.807, 2.05) is 37.6 Å². The van der Waals surface area contributed by atoms with Crippen LogP contribution in [0.3, 0.4) is 0 Å². The Labute approximate surface area is 75.2 Å². The highest BCUT2D eigenvalue weighted by molar-refractivity contribution is 5.19. The van der Waals surface area contributed by atoms with Gasteiger partial charge in [0.25, 0.3) is 0 Å². The SMILES string of the molecule is C=C/C(C)=C\C=C\N/C=C\CC. The molecule has 0 saturated carbocycles. The minimum Gasteiger partial charge on any atom is -0.368 e. The van der Waals surface area contributed by atoms with E-state index in [1.54, 1.807) is 0 Å². The fourth-order valence-corrected chi connectivity index (χ4v) is 0.565. The van der Waals surface area contributed by atoms with Crippen molar-refractivity contribution < 1.29 is 0 Å². The van der Waals surface area contributed by atoms with Crippen molar-refractivity contribution in [2.45, 2.75) is 20.3 Å². The van der Waals surface area contributed by atoms with Crippen LogP contribution in [0.5, 0.6) is 0 Å². The van der Waals surface area contributed by atoms with Gasteiger partial charge in [-0.15, -0.1) is 0 Å². The molecule has 0 aliphatic rings. The van der Waals surface area contributed by atoms with Gasteiger partial charge in [-0.2, -0.15) is 0 Å². The van der Waals surface area contributed by atoms with E-state index in [0.29, 0.717) is 0 Å². The quantitative estimate of drug-likeness (QED) is 0.614. The Balaban J connectivity index is 3.63. The molecule has 0 aromatic carbocycles. The van der Waals surface area contributed by atoms with Crippen LogP contribution in [0.25, 0.3) is 0 Å². The van der Waals surface area contributed by atoms with Crippen LogP contribution >= 0.6 is 0 Å². The van der Waals surface area contributed by atoms with Gasteiger partial charge in [-0.3, -0.25) is 0 Å². The van der Waals surface area contributed by atoms with Gasteiger partial charge in [-0.1, -0.05) is 37.3 Å². The third-order valence-corrected chi connectivity index (χ3v) is 1.32. The molecule has 0 saturated heterocycles. The number of nitrogens with one attached hydrogen (secondary N) is 1. The highest BCUT2D eigenvalue weighted by atomic mass is 14.8. The van der Waals surface area contributed by atoms with Crippen LogP contribution in [0.4, 0.5) is 0 Å². The summed E-state index contributed by atoms with van der Waals surface area (Å²) in [6, 6.07) is 0. The van der Waals surface area contributed by atoms with E-state index in [-0.39, 0.29) is 0 Å². The molecule has 0 heterocycles. The van der Waals surface area contributed by atoms with Gasteiger partial charge in [-0.25, -0.2) is 0 Å². The van der Waals surface area contributed by atoms with Crippen molar-refractivity contribution in [2.24, 2.45) is 0 Å². The summed E-state index contributed by atoms with van der Waals surface area (Å²) < 4.78 is 0. The molecule has 1 N–H and O–H groups in total. The van der Waals surface area contributed by atoms with Crippen LogP contribution in [-0.4, -0.2) is 0 Å². The van der Waals surface area contributed by atoms with Gasteiger partial charge in [0.1, 0.15) is 0 Å². The van der Waals surface area contributed by atoms with Crippen molar-refractivity contribution >= 4 is 0 Å². The summed E-state index contributed by atoms with van der Waals surface area (Å²) in [4.78, 5) is 0. The zero-order valence-corrected chi connectivity index (χ0v) is 7.88. The topological polar surface area (TPSA) is 12.0 Å². The lowest BCUT2D eigenvalue weighted by Crippen LogP contribution is -1.89. The van der Waals surface area contributed by atoms with Crippen molar-refractivity contribution in [2.75, 3.05) is 0 Å². The average molecular weight is 163 g/mol. The highest BCUT2D eigenvalue weighted by Crippen LogP contribution is 1.91. The van der Waals surface area contributed by atoms with E-state index in [9.17, 15) is 0 Å². The van der Waals surface area contributed by atoms with Gasteiger partial charge in [0.2, 0.25) is 0 Å². The van der Waals surface area contributed by atoms with Gasteiger partial charge in [0.05, 0.1) is 0 Å². The van der Waals surface area contributed by atoms with Gasteiger partial charge >= 0.3 is 0 Å². The molecule has 0 aromatic heterocycles. The third-order valence-electron chi connectivity index (χ3n) is 1.32. The van der Waals surface area contributed by atoms with Crippen LogP contribution < -0.4 is 5.32 Å². The molecule has 12 heavy (non-hydrogen) atoms. The zero-order valence-electron chi connectivity index (χ0n) is 7.88. The van der Waals surface area contributed by atoms with E-state index in [0.717, 1.165) is 12.0 Å². The Hall–Kier alpha value is -1.24. The second kappa shape index (κ2) is 7.86. The smallest absolute Gasteiger partial charge is 0.000439 e. The Morgan fingerprint density at radius 2 is 2.17 bits per heavy atom. The lowest BCUT2D eigenvalue weighted by molar-refractivity contribution is 1.13. The Kier molecular flexibility index (Phi) is 7.05. The predicted octanol–water partition coefficient (Wildman–Crippen LogP) is 3.15. The first kappa shape index (κ1) is 10.8. The van der Waals surface area contributed by atoms with E-state index >= 15 is 0 Å². The molecule has 0 radical (unpaired) electrons. The third kappa shape index (κ3) is 6.87. The van der Waals surface area contributed by atoms with Crippen molar-refractivity contribution in [1.82, 2.24) is 5.32 Å². The van der Waals surface area contributed by atoms with Gasteiger partial charge in [0, 0.05) is 6.20 Å². The number of allylic oxidation sites excluding steroid dienone is 5. The molecule has 0 fully saturated rings. The first-order valence-corrected chi connectivity index (χ1v) is 4.18. The summed E-state index contributed by atoms with van der Waals surface area (Å²) >= 11 is 0. The second-order valence-electron chi connectivity index (χ2n) is 2.45. The molecule has 1 heteroatoms. The molecule has 0 aliphatic heterocycles. The van der Waals surface area contributed by atoms with Crippen molar-refractivity contribution in [3.8, 4) is 0 Å². The first-order valence-electron chi connectivity index (χ1n) is 4.18. The van der Waals surface area contributed by atoms with Gasteiger partial charge in [-0.05, 0) is 25.6 Å². The lowest BCUT2D eigenvalue weighted by atomic mass is 10.3. The summed E-state index contributed by atoms with van der Waals surface area (Å²) in [6.45, 7) is 7.77. The number of hydrogen-bond donors (Lipinski definition) is 1. The molecule has 0 atom stereocenters.